The zero-order chi connectivity index (χ0) is 13.5. The van der Waals surface area contributed by atoms with Crippen molar-refractivity contribution in [3.8, 4) is 5.88 Å². The summed E-state index contributed by atoms with van der Waals surface area (Å²) in [6.07, 6.45) is 4.30. The van der Waals surface area contributed by atoms with Gasteiger partial charge in [0.25, 0.3) is 0 Å². The molecular formula is C15H26N2O. The van der Waals surface area contributed by atoms with Gasteiger partial charge in [0.05, 0.1) is 11.8 Å². The molecule has 0 aromatic carbocycles. The summed E-state index contributed by atoms with van der Waals surface area (Å²) in [5.74, 6) is 1.44. The number of aromatic nitrogens is 1. The lowest BCUT2D eigenvalue weighted by atomic mass is 10.0. The number of ether oxygens (including phenoxy) is 1. The molecule has 0 bridgehead atoms. The lowest BCUT2D eigenvalue weighted by molar-refractivity contribution is 0.234. The number of nitrogens with zero attached hydrogens (tertiary/aromatic N) is 1. The third-order valence-electron chi connectivity index (χ3n) is 2.70. The molecule has 18 heavy (non-hydrogen) atoms. The molecule has 102 valence electrons. The first kappa shape index (κ1) is 14.8. The molecule has 1 rings (SSSR count). The molecule has 3 nitrogen and oxygen atoms in total. The van der Waals surface area contributed by atoms with Crippen molar-refractivity contribution in [1.29, 1.82) is 0 Å². The lowest BCUT2D eigenvalue weighted by Crippen LogP contribution is -2.18. The van der Waals surface area contributed by atoms with E-state index in [0.29, 0.717) is 11.9 Å². The number of hydrogen-bond acceptors (Lipinski definition) is 3. The van der Waals surface area contributed by atoms with Gasteiger partial charge in [-0.2, -0.15) is 0 Å². The molecule has 0 saturated carbocycles. The van der Waals surface area contributed by atoms with Crippen LogP contribution < -0.4 is 10.1 Å². The van der Waals surface area contributed by atoms with Crippen molar-refractivity contribution in [3.05, 3.63) is 18.3 Å². The fraction of sp³-hybridized carbons (Fsp3) is 0.667. The van der Waals surface area contributed by atoms with E-state index in [1.54, 1.807) is 6.20 Å². The Labute approximate surface area is 111 Å². The predicted molar refractivity (Wildman–Crippen MR) is 77.2 cm³/mol. The van der Waals surface area contributed by atoms with Crippen LogP contribution >= 0.6 is 0 Å². The molecular weight excluding hydrogens is 224 g/mol. The van der Waals surface area contributed by atoms with Crippen LogP contribution in [0, 0.1) is 5.92 Å². The topological polar surface area (TPSA) is 34.2 Å². The first-order valence-corrected chi connectivity index (χ1v) is 6.87. The van der Waals surface area contributed by atoms with Crippen LogP contribution in [0.4, 0.5) is 5.69 Å². The van der Waals surface area contributed by atoms with Gasteiger partial charge in [0.1, 0.15) is 0 Å². The van der Waals surface area contributed by atoms with Crippen molar-refractivity contribution in [2.75, 3.05) is 5.32 Å². The Morgan fingerprint density at radius 1 is 1.17 bits per heavy atom. The second kappa shape index (κ2) is 7.24. The highest BCUT2D eigenvalue weighted by atomic mass is 16.5. The number of anilines is 1. The highest BCUT2D eigenvalue weighted by Gasteiger charge is 2.10. The van der Waals surface area contributed by atoms with Crippen molar-refractivity contribution >= 4 is 5.69 Å². The van der Waals surface area contributed by atoms with Gasteiger partial charge in [0.15, 0.2) is 0 Å². The number of nitrogens with one attached hydrogen (secondary N) is 1. The lowest BCUT2D eigenvalue weighted by Gasteiger charge is -2.19. The molecule has 0 radical (unpaired) electrons. The van der Waals surface area contributed by atoms with Gasteiger partial charge in [0, 0.05) is 12.2 Å². The predicted octanol–water partition coefficient (Wildman–Crippen LogP) is 4.11. The van der Waals surface area contributed by atoms with Gasteiger partial charge >= 0.3 is 0 Å². The van der Waals surface area contributed by atoms with Crippen LogP contribution in [0.25, 0.3) is 0 Å². The summed E-state index contributed by atoms with van der Waals surface area (Å²) in [6, 6.07) is 4.40. The Kier molecular flexibility index (Phi) is 5.96. The van der Waals surface area contributed by atoms with Crippen LogP contribution in [-0.4, -0.2) is 17.1 Å². The Morgan fingerprint density at radius 3 is 2.50 bits per heavy atom. The fourth-order valence-electron chi connectivity index (χ4n) is 1.74. The summed E-state index contributed by atoms with van der Waals surface area (Å²) >= 11 is 0. The standard InChI is InChI=1S/C15H26N2O/c1-11(2)8-9-13(5)17-14-7-6-10-16-15(14)18-12(3)4/h6-7,10-13,17H,8-9H2,1-5H3. The first-order chi connectivity index (χ1) is 8.49. The summed E-state index contributed by atoms with van der Waals surface area (Å²) in [7, 11) is 0. The molecule has 1 atom stereocenters. The number of rotatable bonds is 7. The number of hydrogen-bond donors (Lipinski definition) is 1. The summed E-state index contributed by atoms with van der Waals surface area (Å²) in [4.78, 5) is 4.28. The highest BCUT2D eigenvalue weighted by molar-refractivity contribution is 5.52. The van der Waals surface area contributed by atoms with E-state index in [-0.39, 0.29) is 6.10 Å². The molecule has 0 amide bonds. The van der Waals surface area contributed by atoms with E-state index in [4.69, 9.17) is 4.74 Å². The Balaban J connectivity index is 2.60. The SMILES string of the molecule is CC(C)CCC(C)Nc1cccnc1OC(C)C. The van der Waals surface area contributed by atoms with Crippen LogP contribution in [0.15, 0.2) is 18.3 Å². The average Bonchev–Trinajstić information content (AvgIpc) is 2.28. The maximum absolute atomic E-state index is 5.70. The maximum atomic E-state index is 5.70. The van der Waals surface area contributed by atoms with Gasteiger partial charge < -0.3 is 10.1 Å². The summed E-state index contributed by atoms with van der Waals surface area (Å²) in [5, 5.41) is 3.48. The van der Waals surface area contributed by atoms with E-state index < -0.39 is 0 Å². The molecule has 0 aliphatic rings. The van der Waals surface area contributed by atoms with E-state index in [2.05, 4.69) is 31.1 Å². The molecule has 1 aromatic heterocycles. The smallest absolute Gasteiger partial charge is 0.237 e. The van der Waals surface area contributed by atoms with E-state index >= 15 is 0 Å². The minimum Gasteiger partial charge on any atom is -0.473 e. The van der Waals surface area contributed by atoms with Crippen LogP contribution in [0.1, 0.15) is 47.5 Å². The molecule has 0 aliphatic carbocycles. The molecule has 1 unspecified atom stereocenters. The zero-order valence-corrected chi connectivity index (χ0v) is 12.2. The van der Waals surface area contributed by atoms with Crippen molar-refractivity contribution in [2.45, 2.75) is 59.6 Å². The second-order valence-corrected chi connectivity index (χ2v) is 5.54. The van der Waals surface area contributed by atoms with Crippen molar-refractivity contribution in [3.63, 3.8) is 0 Å². The van der Waals surface area contributed by atoms with Crippen LogP contribution in [0.3, 0.4) is 0 Å². The fourth-order valence-corrected chi connectivity index (χ4v) is 1.74. The zero-order valence-electron chi connectivity index (χ0n) is 12.2. The monoisotopic (exact) mass is 250 g/mol. The summed E-state index contributed by atoms with van der Waals surface area (Å²) in [5.41, 5.74) is 0.988. The summed E-state index contributed by atoms with van der Waals surface area (Å²) in [6.45, 7) is 10.7. The molecule has 0 spiro atoms. The van der Waals surface area contributed by atoms with Gasteiger partial charge in [-0.25, -0.2) is 4.98 Å². The van der Waals surface area contributed by atoms with Crippen LogP contribution in [0.2, 0.25) is 0 Å². The van der Waals surface area contributed by atoms with Crippen molar-refractivity contribution < 1.29 is 4.74 Å². The quantitative estimate of drug-likeness (QED) is 0.791. The van der Waals surface area contributed by atoms with E-state index in [9.17, 15) is 0 Å². The molecule has 0 saturated heterocycles. The minimum absolute atomic E-state index is 0.145. The van der Waals surface area contributed by atoms with E-state index in [1.165, 1.54) is 6.42 Å². The summed E-state index contributed by atoms with van der Waals surface area (Å²) < 4.78 is 5.70. The van der Waals surface area contributed by atoms with Crippen LogP contribution in [0.5, 0.6) is 5.88 Å². The molecule has 0 fully saturated rings. The molecule has 0 aliphatic heterocycles. The third kappa shape index (κ3) is 5.39. The van der Waals surface area contributed by atoms with Crippen LogP contribution in [-0.2, 0) is 0 Å². The van der Waals surface area contributed by atoms with Gasteiger partial charge in [0.2, 0.25) is 5.88 Å². The Hall–Kier alpha value is -1.25. The van der Waals surface area contributed by atoms with E-state index in [0.717, 1.165) is 18.0 Å². The van der Waals surface area contributed by atoms with Crippen molar-refractivity contribution in [2.24, 2.45) is 5.92 Å². The molecule has 1 aromatic rings. The number of pyridine rings is 1. The van der Waals surface area contributed by atoms with Crippen molar-refractivity contribution in [1.82, 2.24) is 4.98 Å². The largest absolute Gasteiger partial charge is 0.473 e. The third-order valence-corrected chi connectivity index (χ3v) is 2.70. The Bertz CT molecular complexity index is 350. The molecule has 1 N–H and O–H groups in total. The highest BCUT2D eigenvalue weighted by Crippen LogP contribution is 2.23. The molecule has 3 heteroatoms. The minimum atomic E-state index is 0.145. The van der Waals surface area contributed by atoms with Gasteiger partial charge in [-0.15, -0.1) is 0 Å². The Morgan fingerprint density at radius 2 is 1.89 bits per heavy atom. The van der Waals surface area contributed by atoms with Gasteiger partial charge in [-0.05, 0) is 51.7 Å². The normalized spacial score (nSPS) is 12.8. The molecule has 1 heterocycles. The van der Waals surface area contributed by atoms with E-state index in [1.807, 2.05) is 26.0 Å². The first-order valence-electron chi connectivity index (χ1n) is 6.87. The van der Waals surface area contributed by atoms with Gasteiger partial charge in [-0.1, -0.05) is 13.8 Å². The van der Waals surface area contributed by atoms with Gasteiger partial charge in [-0.3, -0.25) is 0 Å². The second-order valence-electron chi connectivity index (χ2n) is 5.54. The maximum Gasteiger partial charge on any atom is 0.237 e. The average molecular weight is 250 g/mol.